The average molecular weight is 501 g/mol. The van der Waals surface area contributed by atoms with Gasteiger partial charge in [0.1, 0.15) is 11.9 Å². The smallest absolute Gasteiger partial charge is 0.160 e. The Morgan fingerprint density at radius 3 is 2.36 bits per heavy atom. The Morgan fingerprint density at radius 1 is 1.03 bits per heavy atom. The number of hydrogen-bond acceptors (Lipinski definition) is 5. The first kappa shape index (κ1) is 25.5. The van der Waals surface area contributed by atoms with E-state index in [0.717, 1.165) is 38.5 Å². The van der Waals surface area contributed by atoms with Crippen molar-refractivity contribution < 1.29 is 24.1 Å². The summed E-state index contributed by atoms with van der Waals surface area (Å²) in [6.45, 7) is 15.8. The highest BCUT2D eigenvalue weighted by molar-refractivity contribution is 5.85. The van der Waals surface area contributed by atoms with Crippen molar-refractivity contribution in [3.05, 3.63) is 11.6 Å². The van der Waals surface area contributed by atoms with E-state index in [1.165, 1.54) is 5.57 Å². The Bertz CT molecular complexity index is 983. The summed E-state index contributed by atoms with van der Waals surface area (Å²) in [5.74, 6) is 1.80. The molecule has 6 aliphatic rings. The maximum Gasteiger partial charge on any atom is 0.160 e. The zero-order valence-corrected chi connectivity index (χ0v) is 23.7. The number of fused-ring (bicyclic) bond motifs is 5. The van der Waals surface area contributed by atoms with Crippen LogP contribution in [0.15, 0.2) is 11.6 Å². The highest BCUT2D eigenvalue weighted by atomic mass is 16.7. The number of epoxide rings is 1. The van der Waals surface area contributed by atoms with Crippen LogP contribution in [0.1, 0.15) is 93.4 Å². The number of carbonyl (C=O) groups excluding carboxylic acids is 1. The number of carbonyl (C=O) groups is 1. The Morgan fingerprint density at radius 2 is 1.72 bits per heavy atom. The van der Waals surface area contributed by atoms with Crippen molar-refractivity contribution in [2.75, 3.05) is 7.11 Å². The Balaban J connectivity index is 1.31. The molecule has 5 fully saturated rings. The third-order valence-electron chi connectivity index (χ3n) is 12.8. The molecule has 1 N–H and O–H groups in total. The highest BCUT2D eigenvalue weighted by Crippen LogP contribution is 2.73. The monoisotopic (exact) mass is 500 g/mol. The molecule has 3 saturated carbocycles. The molecule has 4 aliphatic carbocycles. The van der Waals surface area contributed by atoms with Gasteiger partial charge in [0.15, 0.2) is 6.29 Å². The number of methoxy groups -OCH3 is 1. The summed E-state index contributed by atoms with van der Waals surface area (Å²) in [5, 5.41) is 11.9. The van der Waals surface area contributed by atoms with Gasteiger partial charge < -0.3 is 19.3 Å². The van der Waals surface area contributed by atoms with Gasteiger partial charge in [0.05, 0.1) is 17.8 Å². The minimum absolute atomic E-state index is 0.0368. The van der Waals surface area contributed by atoms with Gasteiger partial charge in [0, 0.05) is 30.3 Å². The van der Waals surface area contributed by atoms with E-state index in [2.05, 4.69) is 54.5 Å². The van der Waals surface area contributed by atoms with Gasteiger partial charge in [0.2, 0.25) is 0 Å². The number of allylic oxidation sites excluding steroid dienone is 1. The number of hydrogen-bond donors (Lipinski definition) is 1. The molecule has 5 nitrogen and oxygen atoms in total. The van der Waals surface area contributed by atoms with Crippen molar-refractivity contribution in [1.29, 1.82) is 0 Å². The maximum absolute atomic E-state index is 12.9. The van der Waals surface area contributed by atoms with Crippen LogP contribution < -0.4 is 0 Å². The zero-order valence-electron chi connectivity index (χ0n) is 23.7. The number of aliphatic hydroxyl groups is 1. The van der Waals surface area contributed by atoms with E-state index in [1.54, 1.807) is 7.11 Å². The van der Waals surface area contributed by atoms with Crippen molar-refractivity contribution in [2.24, 2.45) is 45.3 Å². The lowest BCUT2D eigenvalue weighted by atomic mass is 9.37. The summed E-state index contributed by atoms with van der Waals surface area (Å²) in [5.41, 5.74) is 0.904. The van der Waals surface area contributed by atoms with E-state index >= 15 is 0 Å². The molecule has 2 heterocycles. The van der Waals surface area contributed by atoms with E-state index in [-0.39, 0.29) is 51.7 Å². The third kappa shape index (κ3) is 3.12. The molecule has 0 spiro atoms. The summed E-state index contributed by atoms with van der Waals surface area (Å²) >= 11 is 0. The van der Waals surface area contributed by atoms with Crippen molar-refractivity contribution in [3.8, 4) is 0 Å². The number of aliphatic hydroxyl groups excluding tert-OH is 1. The fourth-order valence-corrected chi connectivity index (χ4v) is 10.7. The number of ether oxygens (including phenoxy) is 3. The molecule has 0 aromatic heterocycles. The lowest BCUT2D eigenvalue weighted by molar-refractivity contribution is -0.193. The lowest BCUT2D eigenvalue weighted by Gasteiger charge is -2.67. The first-order valence-electron chi connectivity index (χ1n) is 14.5. The van der Waals surface area contributed by atoms with Crippen LogP contribution in [0.5, 0.6) is 0 Å². The summed E-state index contributed by atoms with van der Waals surface area (Å²) in [4.78, 5) is 12.9. The molecule has 11 atom stereocenters. The van der Waals surface area contributed by atoms with E-state index in [9.17, 15) is 9.90 Å². The number of rotatable bonds is 3. The van der Waals surface area contributed by atoms with E-state index in [1.807, 2.05) is 0 Å². The molecule has 0 aromatic carbocycles. The summed E-state index contributed by atoms with van der Waals surface area (Å²) < 4.78 is 18.3. The van der Waals surface area contributed by atoms with E-state index < -0.39 is 6.10 Å². The van der Waals surface area contributed by atoms with Crippen LogP contribution in [-0.2, 0) is 19.0 Å². The van der Waals surface area contributed by atoms with Crippen LogP contribution in [0.2, 0.25) is 0 Å². The summed E-state index contributed by atoms with van der Waals surface area (Å²) in [6.07, 6.45) is 8.76. The van der Waals surface area contributed by atoms with Gasteiger partial charge >= 0.3 is 0 Å². The predicted octanol–water partition coefficient (Wildman–Crippen LogP) is 5.69. The lowest BCUT2D eigenvalue weighted by Crippen LogP contribution is -2.65. The van der Waals surface area contributed by atoms with E-state index in [0.29, 0.717) is 30.0 Å². The van der Waals surface area contributed by atoms with Gasteiger partial charge in [-0.05, 0) is 81.0 Å². The Kier molecular flexibility index (Phi) is 5.44. The second kappa shape index (κ2) is 7.67. The van der Waals surface area contributed by atoms with Crippen LogP contribution in [0.4, 0.5) is 0 Å². The molecule has 2 saturated heterocycles. The first-order valence-corrected chi connectivity index (χ1v) is 14.5. The Labute approximate surface area is 217 Å². The minimum Gasteiger partial charge on any atom is -0.392 e. The summed E-state index contributed by atoms with van der Waals surface area (Å²) in [7, 11) is 1.78. The predicted molar refractivity (Wildman–Crippen MR) is 138 cm³/mol. The summed E-state index contributed by atoms with van der Waals surface area (Å²) in [6, 6.07) is 0. The van der Waals surface area contributed by atoms with Gasteiger partial charge in [-0.1, -0.05) is 46.3 Å². The molecule has 6 rings (SSSR count). The van der Waals surface area contributed by atoms with E-state index in [4.69, 9.17) is 14.2 Å². The quantitative estimate of drug-likeness (QED) is 0.398. The van der Waals surface area contributed by atoms with Crippen LogP contribution in [0, 0.1) is 45.3 Å². The molecule has 2 aliphatic heterocycles. The molecule has 0 bridgehead atoms. The average Bonchev–Trinajstić information content (AvgIpc) is 3.11. The molecule has 5 heteroatoms. The molecular formula is C31H48O5. The largest absolute Gasteiger partial charge is 0.392 e. The molecule has 36 heavy (non-hydrogen) atoms. The SMILES string of the molecule is COC1OC(C2OC2(C)C)CC1C1CC=C2C1(C)CCC1C3(C)CCC(=O)C(C)(C)C3CC(O)C21C. The standard InChI is InChI=1S/C31H48O5/c1-27(2)22-16-24(33)31(7)20-10-9-18(17-15-19(35-26(17)34-8)25-28(3,4)36-25)29(20,5)13-11-21(31)30(22,6)14-12-23(27)32/h10,17-19,21-22,24-26,33H,9,11-16H2,1-8H3. The number of ketones is 1. The van der Waals surface area contributed by atoms with Crippen LogP contribution in [0.25, 0.3) is 0 Å². The van der Waals surface area contributed by atoms with Gasteiger partial charge in [-0.25, -0.2) is 0 Å². The van der Waals surface area contributed by atoms with Gasteiger partial charge in [-0.3, -0.25) is 4.79 Å². The third-order valence-corrected chi connectivity index (χ3v) is 12.8. The molecule has 202 valence electrons. The normalized spacial score (nSPS) is 54.9. The molecular weight excluding hydrogens is 452 g/mol. The second-order valence-corrected chi connectivity index (χ2v) is 15.0. The van der Waals surface area contributed by atoms with Crippen molar-refractivity contribution in [1.82, 2.24) is 0 Å². The second-order valence-electron chi connectivity index (χ2n) is 15.0. The molecule has 0 aromatic rings. The van der Waals surface area contributed by atoms with Gasteiger partial charge in [-0.15, -0.1) is 0 Å². The Hall–Kier alpha value is -0.750. The molecule has 0 amide bonds. The zero-order chi connectivity index (χ0) is 26.1. The first-order chi connectivity index (χ1) is 16.7. The fourth-order valence-electron chi connectivity index (χ4n) is 10.7. The van der Waals surface area contributed by atoms with Gasteiger partial charge in [-0.2, -0.15) is 0 Å². The fraction of sp³-hybridized carbons (Fsp3) is 0.903. The van der Waals surface area contributed by atoms with Crippen molar-refractivity contribution in [3.63, 3.8) is 0 Å². The van der Waals surface area contributed by atoms with Crippen LogP contribution in [0.3, 0.4) is 0 Å². The topological polar surface area (TPSA) is 68.3 Å². The molecule has 0 radical (unpaired) electrons. The van der Waals surface area contributed by atoms with Gasteiger partial charge in [0.25, 0.3) is 0 Å². The molecule has 11 unspecified atom stereocenters. The van der Waals surface area contributed by atoms with Crippen LogP contribution in [-0.4, -0.2) is 48.2 Å². The van der Waals surface area contributed by atoms with Crippen LogP contribution >= 0.6 is 0 Å². The van der Waals surface area contributed by atoms with Crippen molar-refractivity contribution in [2.45, 2.75) is 124 Å². The minimum atomic E-state index is -0.415. The number of Topliss-reactive ketones (excluding diaryl/α,β-unsaturated/α-hetero) is 1. The maximum atomic E-state index is 12.9. The van der Waals surface area contributed by atoms with Crippen molar-refractivity contribution >= 4 is 5.78 Å². The highest BCUT2D eigenvalue weighted by Gasteiger charge is 2.69.